The average molecular weight is 343 g/mol. The van der Waals surface area contributed by atoms with E-state index in [2.05, 4.69) is 24.9 Å². The number of pyridine rings is 1. The van der Waals surface area contributed by atoms with Crippen molar-refractivity contribution in [3.05, 3.63) is 78.3 Å². The van der Waals surface area contributed by atoms with Crippen LogP contribution in [0.4, 0.5) is 4.39 Å². The third kappa shape index (κ3) is 2.50. The maximum Gasteiger partial charge on any atom is 0.197 e. The smallest absolute Gasteiger partial charge is 0.197 e. The Hall–Kier alpha value is -3.28. The number of hydrogen-bond donors (Lipinski definition) is 0. The first kappa shape index (κ1) is 15.0. The third-order valence-corrected chi connectivity index (χ3v) is 4.81. The Bertz CT molecular complexity index is 1080. The van der Waals surface area contributed by atoms with Crippen molar-refractivity contribution in [2.75, 3.05) is 0 Å². The van der Waals surface area contributed by atoms with Gasteiger partial charge in [0.1, 0.15) is 11.3 Å². The molecule has 0 bridgehead atoms. The normalized spacial score (nSPS) is 18.8. The van der Waals surface area contributed by atoms with Gasteiger partial charge in [-0.05, 0) is 47.6 Å². The summed E-state index contributed by atoms with van der Waals surface area (Å²) in [6.07, 6.45) is 9.65. The van der Waals surface area contributed by atoms with Gasteiger partial charge in [0.25, 0.3) is 0 Å². The molecule has 3 aromatic heterocycles. The first-order valence-electron chi connectivity index (χ1n) is 8.44. The molecule has 126 valence electrons. The van der Waals surface area contributed by atoms with Crippen LogP contribution in [0, 0.1) is 5.82 Å². The third-order valence-electron chi connectivity index (χ3n) is 4.81. The van der Waals surface area contributed by atoms with Crippen LogP contribution in [0.1, 0.15) is 29.4 Å². The molecule has 3 heterocycles. The van der Waals surface area contributed by atoms with Crippen molar-refractivity contribution in [1.82, 2.24) is 24.9 Å². The molecule has 2 unspecified atom stereocenters. The summed E-state index contributed by atoms with van der Waals surface area (Å²) in [6.45, 7) is 0. The van der Waals surface area contributed by atoms with Gasteiger partial charge in [-0.15, -0.1) is 0 Å². The number of fused-ring (bicyclic) bond motifs is 1. The van der Waals surface area contributed by atoms with Crippen molar-refractivity contribution in [3.8, 4) is 11.6 Å². The van der Waals surface area contributed by atoms with E-state index in [1.165, 1.54) is 6.07 Å². The summed E-state index contributed by atoms with van der Waals surface area (Å²) >= 11 is 0. The molecule has 4 aromatic rings. The fourth-order valence-corrected chi connectivity index (χ4v) is 3.45. The second-order valence-corrected chi connectivity index (χ2v) is 6.40. The lowest BCUT2D eigenvalue weighted by molar-refractivity contribution is 0.636. The summed E-state index contributed by atoms with van der Waals surface area (Å²) in [5, 5.41) is 0.884. The minimum Gasteiger partial charge on any atom is -0.253 e. The van der Waals surface area contributed by atoms with E-state index in [1.54, 1.807) is 24.7 Å². The zero-order chi connectivity index (χ0) is 17.5. The van der Waals surface area contributed by atoms with Gasteiger partial charge in [-0.3, -0.25) is 4.98 Å². The van der Waals surface area contributed by atoms with Crippen molar-refractivity contribution in [1.29, 1.82) is 0 Å². The summed E-state index contributed by atoms with van der Waals surface area (Å²) in [5.74, 6) is 1.43. The largest absolute Gasteiger partial charge is 0.253 e. The van der Waals surface area contributed by atoms with Crippen LogP contribution in [0.25, 0.3) is 22.6 Å². The molecule has 0 aliphatic heterocycles. The number of benzene rings is 1. The van der Waals surface area contributed by atoms with E-state index in [4.69, 9.17) is 0 Å². The lowest BCUT2D eigenvalue weighted by Crippen LogP contribution is -1.96. The van der Waals surface area contributed by atoms with Crippen LogP contribution in [0.5, 0.6) is 0 Å². The van der Waals surface area contributed by atoms with Crippen molar-refractivity contribution < 1.29 is 4.39 Å². The maximum absolute atomic E-state index is 14.0. The van der Waals surface area contributed by atoms with Gasteiger partial charge >= 0.3 is 0 Å². The van der Waals surface area contributed by atoms with Gasteiger partial charge in [0, 0.05) is 36.4 Å². The van der Waals surface area contributed by atoms with Crippen LogP contribution < -0.4 is 0 Å². The number of rotatable bonds is 3. The van der Waals surface area contributed by atoms with Gasteiger partial charge in [-0.1, -0.05) is 12.1 Å². The maximum atomic E-state index is 14.0. The lowest BCUT2D eigenvalue weighted by Gasteiger charge is -2.07. The molecule has 2 atom stereocenters. The SMILES string of the molecule is Fc1ccc(C2CC2c2cnc(-c3ncccn3)nc2)c2cccnc12. The van der Waals surface area contributed by atoms with E-state index in [1.807, 2.05) is 30.6 Å². The Morgan fingerprint density at radius 1 is 0.769 bits per heavy atom. The summed E-state index contributed by atoms with van der Waals surface area (Å²) in [4.78, 5) is 21.3. The topological polar surface area (TPSA) is 64.5 Å². The Labute approximate surface area is 149 Å². The van der Waals surface area contributed by atoms with Crippen molar-refractivity contribution in [2.24, 2.45) is 0 Å². The molecule has 5 rings (SSSR count). The molecule has 0 spiro atoms. The summed E-state index contributed by atoms with van der Waals surface area (Å²) in [7, 11) is 0. The molecule has 6 heteroatoms. The van der Waals surface area contributed by atoms with E-state index in [0.29, 0.717) is 29.0 Å². The van der Waals surface area contributed by atoms with E-state index < -0.39 is 0 Å². The predicted octanol–water partition coefficient (Wildman–Crippen LogP) is 3.89. The molecule has 0 amide bonds. The van der Waals surface area contributed by atoms with E-state index in [0.717, 1.165) is 22.9 Å². The van der Waals surface area contributed by atoms with Gasteiger partial charge in [0.05, 0.1) is 0 Å². The fourth-order valence-electron chi connectivity index (χ4n) is 3.45. The molecule has 1 fully saturated rings. The van der Waals surface area contributed by atoms with E-state index in [9.17, 15) is 4.39 Å². The highest BCUT2D eigenvalue weighted by Crippen LogP contribution is 2.55. The first-order valence-corrected chi connectivity index (χ1v) is 8.44. The molecule has 0 radical (unpaired) electrons. The Morgan fingerprint density at radius 2 is 1.50 bits per heavy atom. The molecular weight excluding hydrogens is 329 g/mol. The number of halogens is 1. The predicted molar refractivity (Wildman–Crippen MR) is 94.9 cm³/mol. The molecule has 0 N–H and O–H groups in total. The summed E-state index contributed by atoms with van der Waals surface area (Å²) < 4.78 is 14.0. The summed E-state index contributed by atoms with van der Waals surface area (Å²) in [6, 6.07) is 8.92. The molecule has 1 aromatic carbocycles. The van der Waals surface area contributed by atoms with Crippen molar-refractivity contribution in [2.45, 2.75) is 18.3 Å². The number of hydrogen-bond acceptors (Lipinski definition) is 5. The van der Waals surface area contributed by atoms with Crippen LogP contribution in [0.3, 0.4) is 0 Å². The number of nitrogens with zero attached hydrogens (tertiary/aromatic N) is 5. The molecule has 5 nitrogen and oxygen atoms in total. The van der Waals surface area contributed by atoms with Crippen molar-refractivity contribution in [3.63, 3.8) is 0 Å². The quantitative estimate of drug-likeness (QED) is 0.565. The highest BCUT2D eigenvalue weighted by molar-refractivity contribution is 5.83. The molecular formula is C20H14FN5. The highest BCUT2D eigenvalue weighted by Gasteiger charge is 2.41. The minimum atomic E-state index is -0.280. The fraction of sp³-hybridized carbons (Fsp3) is 0.150. The zero-order valence-corrected chi connectivity index (χ0v) is 13.7. The second-order valence-electron chi connectivity index (χ2n) is 6.40. The Morgan fingerprint density at radius 3 is 2.31 bits per heavy atom. The van der Waals surface area contributed by atoms with Crippen LogP contribution in [0.15, 0.2) is 61.3 Å². The van der Waals surface area contributed by atoms with Crippen LogP contribution >= 0.6 is 0 Å². The standard InChI is InChI=1S/C20H14FN5/c21-17-5-4-13(14-3-1-6-22-18(14)17)16-9-15(16)12-10-25-20(26-11-12)19-23-7-2-8-24-19/h1-8,10-11,15-16H,9H2. The van der Waals surface area contributed by atoms with Gasteiger partial charge in [0.15, 0.2) is 11.6 Å². The van der Waals surface area contributed by atoms with Gasteiger partial charge in [0.2, 0.25) is 0 Å². The number of aromatic nitrogens is 5. The van der Waals surface area contributed by atoms with Crippen LogP contribution in [-0.2, 0) is 0 Å². The van der Waals surface area contributed by atoms with Gasteiger partial charge in [-0.2, -0.15) is 0 Å². The Kier molecular flexibility index (Phi) is 3.41. The first-order chi connectivity index (χ1) is 12.8. The molecule has 1 saturated carbocycles. The minimum absolute atomic E-state index is 0.280. The average Bonchev–Trinajstić information content (AvgIpc) is 3.50. The lowest BCUT2D eigenvalue weighted by atomic mass is 10.0. The summed E-state index contributed by atoms with van der Waals surface area (Å²) in [5.41, 5.74) is 2.65. The molecule has 1 aliphatic rings. The van der Waals surface area contributed by atoms with Crippen LogP contribution in [-0.4, -0.2) is 24.9 Å². The second kappa shape index (κ2) is 5.91. The highest BCUT2D eigenvalue weighted by atomic mass is 19.1. The van der Waals surface area contributed by atoms with E-state index >= 15 is 0 Å². The zero-order valence-electron chi connectivity index (χ0n) is 13.7. The Balaban J connectivity index is 1.44. The van der Waals surface area contributed by atoms with E-state index in [-0.39, 0.29) is 5.82 Å². The monoisotopic (exact) mass is 343 g/mol. The molecule has 0 saturated heterocycles. The van der Waals surface area contributed by atoms with Gasteiger partial charge < -0.3 is 0 Å². The van der Waals surface area contributed by atoms with Crippen LogP contribution in [0.2, 0.25) is 0 Å². The molecule has 1 aliphatic carbocycles. The van der Waals surface area contributed by atoms with Crippen molar-refractivity contribution >= 4 is 10.9 Å². The molecule has 26 heavy (non-hydrogen) atoms. The van der Waals surface area contributed by atoms with Gasteiger partial charge in [-0.25, -0.2) is 24.3 Å².